The molecule has 1 amide bonds. The van der Waals surface area contributed by atoms with Crippen LogP contribution in [0, 0.1) is 0 Å². The van der Waals surface area contributed by atoms with Gasteiger partial charge >= 0.3 is 12.1 Å². The Balaban J connectivity index is 2.67. The first-order valence-corrected chi connectivity index (χ1v) is 5.59. The van der Waals surface area contributed by atoms with E-state index in [1.54, 1.807) is 0 Å². The van der Waals surface area contributed by atoms with E-state index in [-0.39, 0.29) is 0 Å². The van der Waals surface area contributed by atoms with Gasteiger partial charge in [0.15, 0.2) is 0 Å². The van der Waals surface area contributed by atoms with Crippen LogP contribution in [0.25, 0.3) is 6.08 Å². The first kappa shape index (κ1) is 15.7. The van der Waals surface area contributed by atoms with Crippen molar-refractivity contribution in [2.24, 2.45) is 0 Å². The highest BCUT2D eigenvalue weighted by Gasteiger charge is 2.29. The normalized spacial score (nSPS) is 13.2. The van der Waals surface area contributed by atoms with Crippen LogP contribution in [0.4, 0.5) is 13.2 Å². The Hall–Kier alpha value is -2.31. The van der Waals surface area contributed by atoms with Gasteiger partial charge in [0.1, 0.15) is 6.04 Å². The van der Waals surface area contributed by atoms with Crippen molar-refractivity contribution in [1.29, 1.82) is 0 Å². The zero-order valence-electron chi connectivity index (χ0n) is 10.4. The maximum Gasteiger partial charge on any atom is 0.416 e. The van der Waals surface area contributed by atoms with E-state index in [1.807, 2.05) is 0 Å². The Morgan fingerprint density at radius 2 is 1.80 bits per heavy atom. The topological polar surface area (TPSA) is 66.4 Å². The molecule has 108 valence electrons. The molecule has 1 aromatic rings. The van der Waals surface area contributed by atoms with Gasteiger partial charge in [-0.1, -0.05) is 12.1 Å². The second kappa shape index (κ2) is 6.23. The molecule has 0 heterocycles. The molecule has 0 unspecified atom stereocenters. The molecule has 0 radical (unpaired) electrons. The van der Waals surface area contributed by atoms with Crippen LogP contribution in [-0.4, -0.2) is 23.0 Å². The fraction of sp³-hybridized carbons (Fsp3) is 0.231. The summed E-state index contributed by atoms with van der Waals surface area (Å²) < 4.78 is 36.9. The number of amides is 1. The standard InChI is InChI=1S/C13H12F3NO3/c1-8(12(19)20)17-11(18)7-4-9-2-5-10(6-3-9)13(14,15)16/h2-8H,1H3,(H,17,18)(H,19,20)/b7-4+/t8-/m1/s1. The van der Waals surface area contributed by atoms with Gasteiger partial charge in [-0.05, 0) is 30.7 Å². The van der Waals surface area contributed by atoms with Crippen molar-refractivity contribution in [2.75, 3.05) is 0 Å². The number of hydrogen-bond acceptors (Lipinski definition) is 2. The largest absolute Gasteiger partial charge is 0.480 e. The van der Waals surface area contributed by atoms with E-state index < -0.39 is 29.7 Å². The average molecular weight is 287 g/mol. The maximum absolute atomic E-state index is 12.3. The van der Waals surface area contributed by atoms with Crippen LogP contribution in [0.1, 0.15) is 18.1 Å². The number of carbonyl (C=O) groups excluding carboxylic acids is 1. The van der Waals surface area contributed by atoms with Gasteiger partial charge < -0.3 is 10.4 Å². The molecule has 0 fully saturated rings. The zero-order valence-corrected chi connectivity index (χ0v) is 10.4. The molecule has 20 heavy (non-hydrogen) atoms. The Morgan fingerprint density at radius 1 is 1.25 bits per heavy atom. The summed E-state index contributed by atoms with van der Waals surface area (Å²) in [6.45, 7) is 1.30. The molecular formula is C13H12F3NO3. The molecule has 0 spiro atoms. The Labute approximate surface area is 112 Å². The van der Waals surface area contributed by atoms with Gasteiger partial charge in [-0.3, -0.25) is 9.59 Å². The van der Waals surface area contributed by atoms with Gasteiger partial charge in [-0.25, -0.2) is 0 Å². The Bertz CT molecular complexity index is 521. The molecule has 1 atom stereocenters. The first-order valence-electron chi connectivity index (χ1n) is 5.59. The van der Waals surface area contributed by atoms with Crippen molar-refractivity contribution in [2.45, 2.75) is 19.1 Å². The smallest absolute Gasteiger partial charge is 0.416 e. The van der Waals surface area contributed by atoms with Crippen LogP contribution in [0.15, 0.2) is 30.3 Å². The summed E-state index contributed by atoms with van der Waals surface area (Å²) in [6, 6.07) is 3.19. The minimum atomic E-state index is -4.41. The lowest BCUT2D eigenvalue weighted by Gasteiger charge is -2.07. The lowest BCUT2D eigenvalue weighted by Crippen LogP contribution is -2.37. The van der Waals surface area contributed by atoms with Crippen LogP contribution in [-0.2, 0) is 15.8 Å². The molecule has 0 saturated heterocycles. The summed E-state index contributed by atoms with van der Waals surface area (Å²) in [6.07, 6.45) is -2.05. The van der Waals surface area contributed by atoms with E-state index in [4.69, 9.17) is 5.11 Å². The lowest BCUT2D eigenvalue weighted by molar-refractivity contribution is -0.140. The summed E-state index contributed by atoms with van der Waals surface area (Å²) in [5.41, 5.74) is -0.380. The van der Waals surface area contributed by atoms with Crippen LogP contribution < -0.4 is 5.32 Å². The number of hydrogen-bond donors (Lipinski definition) is 2. The number of aliphatic carboxylic acids is 1. The zero-order chi connectivity index (χ0) is 15.3. The van der Waals surface area contributed by atoms with Crippen molar-refractivity contribution in [3.05, 3.63) is 41.5 Å². The second-order valence-corrected chi connectivity index (χ2v) is 4.02. The van der Waals surface area contributed by atoms with Gasteiger partial charge in [0.25, 0.3) is 0 Å². The molecular weight excluding hydrogens is 275 g/mol. The molecule has 4 nitrogen and oxygen atoms in total. The van der Waals surface area contributed by atoms with E-state index in [0.717, 1.165) is 18.2 Å². The van der Waals surface area contributed by atoms with E-state index in [9.17, 15) is 22.8 Å². The first-order chi connectivity index (χ1) is 9.20. The van der Waals surface area contributed by atoms with Crippen molar-refractivity contribution in [3.8, 4) is 0 Å². The summed E-state index contributed by atoms with van der Waals surface area (Å²) in [4.78, 5) is 21.8. The summed E-state index contributed by atoms with van der Waals surface area (Å²) in [7, 11) is 0. The highest BCUT2D eigenvalue weighted by molar-refractivity contribution is 5.94. The molecule has 0 aliphatic carbocycles. The van der Waals surface area contributed by atoms with Crippen LogP contribution in [0.3, 0.4) is 0 Å². The number of nitrogens with one attached hydrogen (secondary N) is 1. The van der Waals surface area contributed by atoms with Crippen LogP contribution in [0.2, 0.25) is 0 Å². The summed E-state index contributed by atoms with van der Waals surface area (Å²) in [5.74, 6) is -1.82. The molecule has 1 rings (SSSR count). The molecule has 0 bridgehead atoms. The molecule has 7 heteroatoms. The number of carbonyl (C=O) groups is 2. The average Bonchev–Trinajstić information content (AvgIpc) is 2.35. The predicted octanol–water partition coefficient (Wildman–Crippen LogP) is 2.31. The number of benzene rings is 1. The number of rotatable bonds is 4. The van der Waals surface area contributed by atoms with Crippen molar-refractivity contribution < 1.29 is 27.9 Å². The predicted molar refractivity (Wildman–Crippen MR) is 65.7 cm³/mol. The van der Waals surface area contributed by atoms with Crippen molar-refractivity contribution in [3.63, 3.8) is 0 Å². The monoisotopic (exact) mass is 287 g/mol. The molecule has 2 N–H and O–H groups in total. The number of alkyl halides is 3. The fourth-order valence-corrected chi connectivity index (χ4v) is 1.28. The van der Waals surface area contributed by atoms with Crippen molar-refractivity contribution in [1.82, 2.24) is 5.32 Å². The quantitative estimate of drug-likeness (QED) is 0.835. The summed E-state index contributed by atoms with van der Waals surface area (Å²) in [5, 5.41) is 10.8. The number of halogens is 3. The van der Waals surface area contributed by atoms with Crippen LogP contribution >= 0.6 is 0 Å². The molecule has 0 saturated carbocycles. The minimum Gasteiger partial charge on any atom is -0.480 e. The lowest BCUT2D eigenvalue weighted by atomic mass is 10.1. The fourth-order valence-electron chi connectivity index (χ4n) is 1.28. The van der Waals surface area contributed by atoms with E-state index in [2.05, 4.69) is 5.32 Å². The van der Waals surface area contributed by atoms with E-state index in [0.29, 0.717) is 5.56 Å². The van der Waals surface area contributed by atoms with E-state index in [1.165, 1.54) is 25.1 Å². The highest BCUT2D eigenvalue weighted by atomic mass is 19.4. The second-order valence-electron chi connectivity index (χ2n) is 4.02. The third-order valence-electron chi connectivity index (χ3n) is 2.39. The van der Waals surface area contributed by atoms with Crippen molar-refractivity contribution >= 4 is 18.0 Å². The number of carboxylic acids is 1. The maximum atomic E-state index is 12.3. The SMILES string of the molecule is C[C@@H](NC(=O)/C=C/c1ccc(C(F)(F)F)cc1)C(=O)O. The molecule has 0 aliphatic rings. The summed E-state index contributed by atoms with van der Waals surface area (Å²) >= 11 is 0. The van der Waals surface area contributed by atoms with Gasteiger partial charge in [0, 0.05) is 6.08 Å². The highest BCUT2D eigenvalue weighted by Crippen LogP contribution is 2.29. The molecule has 0 aliphatic heterocycles. The van der Waals surface area contributed by atoms with Gasteiger partial charge in [0.05, 0.1) is 5.56 Å². The third-order valence-corrected chi connectivity index (χ3v) is 2.39. The van der Waals surface area contributed by atoms with Gasteiger partial charge in [-0.15, -0.1) is 0 Å². The Morgan fingerprint density at radius 3 is 2.25 bits per heavy atom. The Kier molecular flexibility index (Phi) is 4.90. The molecule has 1 aromatic carbocycles. The third kappa shape index (κ3) is 4.75. The van der Waals surface area contributed by atoms with E-state index >= 15 is 0 Å². The molecule has 0 aromatic heterocycles. The minimum absolute atomic E-state index is 0.399. The van der Waals surface area contributed by atoms with Crippen LogP contribution in [0.5, 0.6) is 0 Å². The number of carboxylic acid groups (broad SMARTS) is 1. The van der Waals surface area contributed by atoms with Gasteiger partial charge in [-0.2, -0.15) is 13.2 Å². The van der Waals surface area contributed by atoms with Gasteiger partial charge in [0.2, 0.25) is 5.91 Å².